The number of aliphatic imine (C=N–C) groups is 2. The van der Waals surface area contributed by atoms with Crippen LogP contribution < -0.4 is 10.2 Å². The molecule has 10 nitrogen and oxygen atoms in total. The Hall–Kier alpha value is -5.97. The zero-order valence-electron chi connectivity index (χ0n) is 33.7. The van der Waals surface area contributed by atoms with Gasteiger partial charge in [-0.05, 0) is 47.9 Å². The van der Waals surface area contributed by atoms with Crippen LogP contribution in [0.5, 0.6) is 0 Å². The van der Waals surface area contributed by atoms with Crippen molar-refractivity contribution in [3.63, 3.8) is 0 Å². The van der Waals surface area contributed by atoms with Gasteiger partial charge in [0, 0.05) is 127 Å². The third kappa shape index (κ3) is 22.1. The molecule has 345 valence electrons. The summed E-state index contributed by atoms with van der Waals surface area (Å²) in [7, 11) is 0. The van der Waals surface area contributed by atoms with E-state index >= 15 is 0 Å². The molecule has 0 atom stereocenters. The Balaban J connectivity index is 0.000000827. The fourth-order valence-corrected chi connectivity index (χ4v) is 3.78. The van der Waals surface area contributed by atoms with Gasteiger partial charge < -0.3 is 10.2 Å². The van der Waals surface area contributed by atoms with Crippen LogP contribution in [0.3, 0.4) is 0 Å². The molecule has 0 saturated carbocycles. The van der Waals surface area contributed by atoms with Crippen molar-refractivity contribution in [1.29, 1.82) is 0 Å². The van der Waals surface area contributed by atoms with Crippen molar-refractivity contribution >= 4 is 34.2 Å². The van der Waals surface area contributed by atoms with Gasteiger partial charge in [0.1, 0.15) is 11.4 Å². The van der Waals surface area contributed by atoms with E-state index in [1.165, 1.54) is 36.4 Å². The number of para-hydroxylation sites is 2. The molecule has 0 aliphatic rings. The van der Waals surface area contributed by atoms with Crippen LogP contribution in [0.15, 0.2) is 143 Å². The van der Waals surface area contributed by atoms with Crippen LogP contribution in [0.2, 0.25) is 0 Å². The standard InChI is InChI=1S/2C11H7F6NO.2C9H13N2O.Co/c2*12-10(13,14)8(6-9(19)11(15,16)17)18-7-4-2-1-3-5-7;2*1-9(2,3)11(12)8-4-6-10-7-5-8;/h2*1-6,19H;2*4-7H,1-3H3;/q;;2*+1;/p-2/b2*9-6-,18-8?;;;. The summed E-state index contributed by atoms with van der Waals surface area (Å²) in [5.41, 5.74) is -3.69. The summed E-state index contributed by atoms with van der Waals surface area (Å²) in [6, 6.07) is 19.9. The van der Waals surface area contributed by atoms with Gasteiger partial charge in [-0.3, -0.25) is 9.97 Å². The molecule has 2 aromatic carbocycles. The van der Waals surface area contributed by atoms with Gasteiger partial charge in [0.05, 0.1) is 11.4 Å². The van der Waals surface area contributed by atoms with E-state index in [-0.39, 0.29) is 39.2 Å². The molecule has 0 bridgehead atoms. The van der Waals surface area contributed by atoms with Crippen LogP contribution in [-0.4, -0.2) is 66.7 Å². The SMILES string of the molecule is CC(C)(C)[N+](=O)c1ccncc1.CC(C)(C)[N+](=O)c1ccncc1.[Co].[O-]/C(=C\C(=Nc1ccccc1)C(F)(F)F)C(F)(F)F.[O-]/C(=C\C(=Nc1ccccc1)C(F)(F)F)C(F)(F)F. The second-order valence-electron chi connectivity index (χ2n) is 14.0. The normalized spacial score (nSPS) is 13.1. The average molecular weight is 954 g/mol. The summed E-state index contributed by atoms with van der Waals surface area (Å²) in [4.78, 5) is 36.8. The van der Waals surface area contributed by atoms with Crippen molar-refractivity contribution in [1.82, 2.24) is 9.97 Å². The Kier molecular flexibility index (Phi) is 21.7. The Morgan fingerprint density at radius 1 is 0.476 bits per heavy atom. The summed E-state index contributed by atoms with van der Waals surface area (Å²) in [5, 5.41) is 21.1. The fourth-order valence-electron chi connectivity index (χ4n) is 3.78. The van der Waals surface area contributed by atoms with Crippen LogP contribution >= 0.6 is 0 Å². The molecule has 4 rings (SSSR count). The van der Waals surface area contributed by atoms with Gasteiger partial charge in [-0.2, -0.15) is 52.7 Å². The molecule has 1 radical (unpaired) electrons. The first kappa shape index (κ1) is 57.0. The van der Waals surface area contributed by atoms with Crippen molar-refractivity contribution in [2.24, 2.45) is 9.98 Å². The Labute approximate surface area is 363 Å². The molecule has 2 heterocycles. The summed E-state index contributed by atoms with van der Waals surface area (Å²) >= 11 is 0. The minimum Gasteiger partial charge on any atom is -0.869 e. The number of halogens is 12. The zero-order valence-corrected chi connectivity index (χ0v) is 34.8. The topological polar surface area (TPSA) is 137 Å². The van der Waals surface area contributed by atoms with Gasteiger partial charge in [0.2, 0.25) is 11.1 Å². The van der Waals surface area contributed by atoms with Crippen LogP contribution in [0.25, 0.3) is 0 Å². The average Bonchev–Trinajstić information content (AvgIpc) is 3.17. The summed E-state index contributed by atoms with van der Waals surface area (Å²) in [6.07, 6.45) is -15.7. The van der Waals surface area contributed by atoms with Gasteiger partial charge in [-0.15, -0.1) is 0 Å². The van der Waals surface area contributed by atoms with Crippen molar-refractivity contribution in [3.05, 3.63) is 143 Å². The number of alkyl halides is 12. The first-order valence-corrected chi connectivity index (χ1v) is 17.3. The van der Waals surface area contributed by atoms with Crippen LogP contribution in [0.4, 0.5) is 75.4 Å². The van der Waals surface area contributed by atoms with Gasteiger partial charge >= 0.3 is 24.7 Å². The molecule has 23 heteroatoms. The predicted octanol–water partition coefficient (Wildman–Crippen LogP) is 10.8. The van der Waals surface area contributed by atoms with Crippen LogP contribution in [0.1, 0.15) is 41.5 Å². The van der Waals surface area contributed by atoms with E-state index in [1.54, 1.807) is 49.1 Å². The Bertz CT molecular complexity index is 1990. The first-order chi connectivity index (χ1) is 28.2. The molecule has 0 N–H and O–H groups in total. The van der Waals surface area contributed by atoms with Gasteiger partial charge in [-0.25, -0.2) is 9.98 Å². The van der Waals surface area contributed by atoms with E-state index in [0.29, 0.717) is 11.4 Å². The second kappa shape index (κ2) is 24.0. The van der Waals surface area contributed by atoms with Crippen molar-refractivity contribution in [2.45, 2.75) is 77.3 Å². The molecule has 0 amide bonds. The van der Waals surface area contributed by atoms with Crippen molar-refractivity contribution < 1.29 is 89.2 Å². The van der Waals surface area contributed by atoms with Gasteiger partial charge in [0.15, 0.2) is 0 Å². The number of nitrogens with zero attached hydrogens (tertiary/aromatic N) is 6. The van der Waals surface area contributed by atoms with E-state index in [4.69, 9.17) is 0 Å². The van der Waals surface area contributed by atoms with E-state index in [0.717, 1.165) is 33.8 Å². The summed E-state index contributed by atoms with van der Waals surface area (Å²) < 4.78 is 148. The Morgan fingerprint density at radius 3 is 0.937 bits per heavy atom. The third-order valence-corrected chi connectivity index (χ3v) is 6.70. The van der Waals surface area contributed by atoms with E-state index in [1.807, 2.05) is 41.5 Å². The van der Waals surface area contributed by atoms with Gasteiger partial charge in [-0.1, -0.05) is 36.4 Å². The molecule has 4 aromatic rings. The molecule has 0 unspecified atom stereocenters. The van der Waals surface area contributed by atoms with Crippen molar-refractivity contribution in [2.75, 3.05) is 0 Å². The van der Waals surface area contributed by atoms with Gasteiger partial charge in [0.25, 0.3) is 11.4 Å². The molecular weight excluding hydrogens is 915 g/mol. The van der Waals surface area contributed by atoms with Crippen LogP contribution in [0, 0.1) is 9.81 Å². The first-order valence-electron chi connectivity index (χ1n) is 17.3. The number of hydrogen-bond acceptors (Lipinski definition) is 8. The summed E-state index contributed by atoms with van der Waals surface area (Å²) in [5.74, 6) is -5.22. The number of pyridine rings is 2. The number of benzene rings is 2. The molecule has 63 heavy (non-hydrogen) atoms. The number of aromatic nitrogens is 2. The number of nitroso groups, excluding NO2 is 2. The fraction of sp³-hybridized carbons (Fsp3) is 0.300. The third-order valence-electron chi connectivity index (χ3n) is 6.70. The smallest absolute Gasteiger partial charge is 0.433 e. The number of rotatable bonds is 6. The number of allylic oxidation sites excluding steroid dienone is 4. The molecule has 0 fully saturated rings. The molecule has 0 aliphatic heterocycles. The molecule has 0 aliphatic carbocycles. The maximum absolute atomic E-state index is 12.5. The van der Waals surface area contributed by atoms with E-state index < -0.39 is 59.8 Å². The maximum Gasteiger partial charge on any atom is 0.433 e. The predicted molar refractivity (Wildman–Crippen MR) is 202 cm³/mol. The molecule has 0 spiro atoms. The van der Waals surface area contributed by atoms with E-state index in [9.17, 15) is 72.7 Å². The minimum absolute atomic E-state index is 0. The molecular formula is C40H38CoF12N6O4. The van der Waals surface area contributed by atoms with Crippen molar-refractivity contribution in [3.8, 4) is 0 Å². The minimum atomic E-state index is -5.37. The van der Waals surface area contributed by atoms with E-state index in [2.05, 4.69) is 20.0 Å². The monoisotopic (exact) mass is 953 g/mol. The number of hydrogen-bond donors (Lipinski definition) is 0. The summed E-state index contributed by atoms with van der Waals surface area (Å²) in [6.45, 7) is 11.3. The quantitative estimate of drug-likeness (QED) is 0.0817. The Morgan fingerprint density at radius 2 is 0.730 bits per heavy atom. The molecule has 0 saturated heterocycles. The van der Waals surface area contributed by atoms with Crippen LogP contribution in [-0.2, 0) is 16.8 Å². The maximum atomic E-state index is 12.5. The second-order valence-corrected chi connectivity index (χ2v) is 14.0. The largest absolute Gasteiger partial charge is 0.869 e. The molecule has 2 aromatic heterocycles. The zero-order chi connectivity index (χ0) is 47.7.